The van der Waals surface area contributed by atoms with E-state index in [1.54, 1.807) is 36.3 Å². The zero-order chi connectivity index (χ0) is 20.8. The number of amides is 2. The van der Waals surface area contributed by atoms with E-state index in [0.29, 0.717) is 43.2 Å². The Morgan fingerprint density at radius 3 is 2.50 bits per heavy atom. The van der Waals surface area contributed by atoms with E-state index in [2.05, 4.69) is 10.1 Å². The Morgan fingerprint density at radius 2 is 1.87 bits per heavy atom. The van der Waals surface area contributed by atoms with Gasteiger partial charge in [-0.15, -0.1) is 12.4 Å². The summed E-state index contributed by atoms with van der Waals surface area (Å²) in [7, 11) is 2.79. The maximum atomic E-state index is 14.7. The van der Waals surface area contributed by atoms with Crippen molar-refractivity contribution in [3.05, 3.63) is 59.4 Å². The SMILES string of the molecule is COC(=O)c1ccc(CN(C(=O)N2CCNCC2)c2cccc(OC)c2)c(F)c1.Cl. The molecule has 30 heavy (non-hydrogen) atoms. The molecule has 1 fully saturated rings. The van der Waals surface area contributed by atoms with Crippen molar-refractivity contribution in [3.8, 4) is 5.75 Å². The van der Waals surface area contributed by atoms with E-state index in [1.807, 2.05) is 0 Å². The molecule has 0 bridgehead atoms. The van der Waals surface area contributed by atoms with Crippen LogP contribution in [0.1, 0.15) is 15.9 Å². The lowest BCUT2D eigenvalue weighted by molar-refractivity contribution is 0.0600. The summed E-state index contributed by atoms with van der Waals surface area (Å²) in [6, 6.07) is 11.0. The number of nitrogens with zero attached hydrogens (tertiary/aromatic N) is 2. The zero-order valence-electron chi connectivity index (χ0n) is 16.9. The van der Waals surface area contributed by atoms with E-state index in [4.69, 9.17) is 4.74 Å². The van der Waals surface area contributed by atoms with E-state index in [1.165, 1.54) is 24.1 Å². The van der Waals surface area contributed by atoms with Crippen molar-refractivity contribution in [2.75, 3.05) is 45.3 Å². The van der Waals surface area contributed by atoms with Crippen LogP contribution in [0.15, 0.2) is 42.5 Å². The van der Waals surface area contributed by atoms with Crippen LogP contribution < -0.4 is 15.0 Å². The summed E-state index contributed by atoms with van der Waals surface area (Å²) in [4.78, 5) is 28.1. The van der Waals surface area contributed by atoms with Crippen LogP contribution in [-0.2, 0) is 11.3 Å². The zero-order valence-corrected chi connectivity index (χ0v) is 17.7. The van der Waals surface area contributed by atoms with Gasteiger partial charge in [-0.05, 0) is 24.3 Å². The number of hydrogen-bond acceptors (Lipinski definition) is 5. The predicted octanol–water partition coefficient (Wildman–Crippen LogP) is 3.07. The van der Waals surface area contributed by atoms with Crippen LogP contribution in [-0.4, -0.2) is 57.3 Å². The maximum Gasteiger partial charge on any atom is 0.337 e. The first-order valence-electron chi connectivity index (χ1n) is 9.31. The topological polar surface area (TPSA) is 71.1 Å². The Balaban J connectivity index is 0.00000320. The van der Waals surface area contributed by atoms with Crippen molar-refractivity contribution in [1.29, 1.82) is 0 Å². The number of piperazine rings is 1. The Hall–Kier alpha value is -2.84. The smallest absolute Gasteiger partial charge is 0.337 e. The highest BCUT2D eigenvalue weighted by Gasteiger charge is 2.25. The van der Waals surface area contributed by atoms with Gasteiger partial charge >= 0.3 is 12.0 Å². The molecule has 1 saturated heterocycles. The van der Waals surface area contributed by atoms with Crippen molar-refractivity contribution in [2.45, 2.75) is 6.54 Å². The van der Waals surface area contributed by atoms with Crippen LogP contribution >= 0.6 is 12.4 Å². The number of carbonyl (C=O) groups is 2. The third kappa shape index (κ3) is 5.40. The molecule has 1 aliphatic rings. The number of esters is 1. The third-order valence-corrected chi connectivity index (χ3v) is 4.79. The number of benzene rings is 2. The number of methoxy groups -OCH3 is 2. The first kappa shape index (κ1) is 23.4. The van der Waals surface area contributed by atoms with Crippen molar-refractivity contribution < 1.29 is 23.5 Å². The molecule has 0 atom stereocenters. The lowest BCUT2D eigenvalue weighted by Gasteiger charge is -2.33. The van der Waals surface area contributed by atoms with Crippen molar-refractivity contribution in [1.82, 2.24) is 10.2 Å². The number of nitrogens with one attached hydrogen (secondary N) is 1. The number of anilines is 1. The third-order valence-electron chi connectivity index (χ3n) is 4.79. The van der Waals surface area contributed by atoms with Crippen molar-refractivity contribution in [3.63, 3.8) is 0 Å². The molecule has 162 valence electrons. The number of hydrogen-bond donors (Lipinski definition) is 1. The van der Waals surface area contributed by atoms with Gasteiger partial charge < -0.3 is 19.7 Å². The average molecular weight is 438 g/mol. The molecule has 1 heterocycles. The highest BCUT2D eigenvalue weighted by atomic mass is 35.5. The van der Waals surface area contributed by atoms with E-state index in [0.717, 1.165) is 6.07 Å². The summed E-state index contributed by atoms with van der Waals surface area (Å²) in [5, 5.41) is 3.21. The molecule has 9 heteroatoms. The molecule has 0 radical (unpaired) electrons. The fourth-order valence-electron chi connectivity index (χ4n) is 3.17. The van der Waals surface area contributed by atoms with Crippen LogP contribution in [0.2, 0.25) is 0 Å². The molecule has 7 nitrogen and oxygen atoms in total. The fraction of sp³-hybridized carbons (Fsp3) is 0.333. The van der Waals surface area contributed by atoms with Crippen molar-refractivity contribution in [2.24, 2.45) is 0 Å². The number of carbonyl (C=O) groups excluding carboxylic acids is 2. The van der Waals surface area contributed by atoms with E-state index < -0.39 is 11.8 Å². The van der Waals surface area contributed by atoms with Gasteiger partial charge in [0.2, 0.25) is 0 Å². The average Bonchev–Trinajstić information content (AvgIpc) is 2.77. The summed E-state index contributed by atoms with van der Waals surface area (Å²) in [6.07, 6.45) is 0. The molecule has 2 aromatic rings. The molecule has 2 aromatic carbocycles. The van der Waals surface area contributed by atoms with Crippen molar-refractivity contribution >= 4 is 30.1 Å². The minimum absolute atomic E-state index is 0. The molecule has 0 spiro atoms. The molecule has 0 aliphatic carbocycles. The standard InChI is InChI=1S/C21H24FN3O4.ClH/c1-28-18-5-3-4-17(13-18)25(21(27)24-10-8-23-9-11-24)14-16-7-6-15(12-19(16)22)20(26)29-2;/h3-7,12-13,23H,8-11,14H2,1-2H3;1H. The highest BCUT2D eigenvalue weighted by Crippen LogP contribution is 2.25. The quantitative estimate of drug-likeness (QED) is 0.728. The summed E-state index contributed by atoms with van der Waals surface area (Å²) in [5.74, 6) is -0.590. The lowest BCUT2D eigenvalue weighted by Crippen LogP contribution is -2.51. The van der Waals surface area contributed by atoms with Gasteiger partial charge in [-0.1, -0.05) is 12.1 Å². The first-order chi connectivity index (χ1) is 14.0. The molecule has 0 aromatic heterocycles. The second-order valence-corrected chi connectivity index (χ2v) is 6.61. The van der Waals surface area contributed by atoms with Crippen LogP contribution in [0.3, 0.4) is 0 Å². The van der Waals surface area contributed by atoms with Gasteiger partial charge in [0.25, 0.3) is 0 Å². The van der Waals surface area contributed by atoms with Gasteiger partial charge in [0.05, 0.1) is 26.3 Å². The first-order valence-corrected chi connectivity index (χ1v) is 9.31. The summed E-state index contributed by atoms with van der Waals surface area (Å²) in [6.45, 7) is 2.58. The highest BCUT2D eigenvalue weighted by molar-refractivity contribution is 5.92. The van der Waals surface area contributed by atoms with E-state index in [-0.39, 0.29) is 30.5 Å². The molecule has 0 saturated carbocycles. The fourth-order valence-corrected chi connectivity index (χ4v) is 3.17. The number of halogens is 2. The molecule has 1 N–H and O–H groups in total. The Labute approximate surface area is 181 Å². The lowest BCUT2D eigenvalue weighted by atomic mass is 10.1. The summed E-state index contributed by atoms with van der Waals surface area (Å²) < 4.78 is 24.6. The maximum absolute atomic E-state index is 14.7. The Morgan fingerprint density at radius 1 is 1.13 bits per heavy atom. The predicted molar refractivity (Wildman–Crippen MR) is 114 cm³/mol. The van der Waals surface area contributed by atoms with Crippen LogP contribution in [0.5, 0.6) is 5.75 Å². The largest absolute Gasteiger partial charge is 0.497 e. The van der Waals surface area contributed by atoms with Gasteiger partial charge in [-0.25, -0.2) is 14.0 Å². The van der Waals surface area contributed by atoms with Gasteiger partial charge in [-0.3, -0.25) is 4.90 Å². The Bertz CT molecular complexity index is 890. The molecule has 2 amide bonds. The van der Waals surface area contributed by atoms with E-state index >= 15 is 0 Å². The second kappa shape index (κ2) is 10.8. The van der Waals surface area contributed by atoms with Crippen LogP contribution in [0.4, 0.5) is 14.9 Å². The van der Waals surface area contributed by atoms with Gasteiger partial charge in [0, 0.05) is 43.5 Å². The molecule has 3 rings (SSSR count). The molecule has 0 unspecified atom stereocenters. The number of ether oxygens (including phenoxy) is 2. The van der Waals surface area contributed by atoms with E-state index in [9.17, 15) is 14.0 Å². The molecule has 1 aliphatic heterocycles. The summed E-state index contributed by atoms with van der Waals surface area (Å²) in [5.41, 5.74) is 1.02. The summed E-state index contributed by atoms with van der Waals surface area (Å²) >= 11 is 0. The van der Waals surface area contributed by atoms with Gasteiger partial charge in [0.1, 0.15) is 11.6 Å². The molecular weight excluding hydrogens is 413 g/mol. The molecular formula is C21H25ClFN3O4. The monoisotopic (exact) mass is 437 g/mol. The normalized spacial score (nSPS) is 13.2. The number of urea groups is 1. The Kier molecular flexibility index (Phi) is 8.44. The van der Waals surface area contributed by atoms with Gasteiger partial charge in [0.15, 0.2) is 0 Å². The minimum atomic E-state index is -0.614. The second-order valence-electron chi connectivity index (χ2n) is 6.61. The number of rotatable bonds is 5. The van der Waals surface area contributed by atoms with Gasteiger partial charge in [-0.2, -0.15) is 0 Å². The van der Waals surface area contributed by atoms with Crippen LogP contribution in [0.25, 0.3) is 0 Å². The van der Waals surface area contributed by atoms with Crippen LogP contribution in [0, 0.1) is 5.82 Å². The minimum Gasteiger partial charge on any atom is -0.497 e.